The molecule has 0 unspecified atom stereocenters. The number of rotatable bonds is 3. The Morgan fingerprint density at radius 2 is 2.19 bits per heavy atom. The molecule has 86 valence electrons. The van der Waals surface area contributed by atoms with E-state index >= 15 is 0 Å². The lowest BCUT2D eigenvalue weighted by atomic mass is 10.1. The summed E-state index contributed by atoms with van der Waals surface area (Å²) in [5, 5.41) is 5.92. The zero-order valence-corrected chi connectivity index (χ0v) is 10.3. The SMILES string of the molecule is CC(C)n1nc(Cl)c2ccc(CCN)cc21. The van der Waals surface area contributed by atoms with Crippen molar-refractivity contribution in [1.82, 2.24) is 9.78 Å². The van der Waals surface area contributed by atoms with Crippen molar-refractivity contribution in [1.29, 1.82) is 0 Å². The van der Waals surface area contributed by atoms with Crippen LogP contribution >= 0.6 is 11.6 Å². The molecule has 1 heterocycles. The molecule has 0 radical (unpaired) electrons. The Bertz CT molecular complexity index is 502. The van der Waals surface area contributed by atoms with Gasteiger partial charge in [0.2, 0.25) is 0 Å². The van der Waals surface area contributed by atoms with E-state index in [1.165, 1.54) is 5.56 Å². The van der Waals surface area contributed by atoms with Gasteiger partial charge in [0.1, 0.15) is 0 Å². The maximum absolute atomic E-state index is 6.09. The number of halogens is 1. The number of hydrogen-bond acceptors (Lipinski definition) is 2. The minimum atomic E-state index is 0.308. The summed E-state index contributed by atoms with van der Waals surface area (Å²) in [7, 11) is 0. The average Bonchev–Trinajstić information content (AvgIpc) is 2.57. The average molecular weight is 238 g/mol. The fraction of sp³-hybridized carbons (Fsp3) is 0.417. The summed E-state index contributed by atoms with van der Waals surface area (Å²) in [5.41, 5.74) is 7.88. The Morgan fingerprint density at radius 3 is 2.81 bits per heavy atom. The summed E-state index contributed by atoms with van der Waals surface area (Å²) >= 11 is 6.09. The highest BCUT2D eigenvalue weighted by Gasteiger charge is 2.11. The van der Waals surface area contributed by atoms with Gasteiger partial charge < -0.3 is 5.73 Å². The van der Waals surface area contributed by atoms with Crippen LogP contribution in [0.4, 0.5) is 0 Å². The molecule has 0 fully saturated rings. The van der Waals surface area contributed by atoms with E-state index in [1.807, 2.05) is 10.7 Å². The van der Waals surface area contributed by atoms with Gasteiger partial charge in [-0.05, 0) is 44.5 Å². The summed E-state index contributed by atoms with van der Waals surface area (Å²) < 4.78 is 1.96. The Hall–Kier alpha value is -1.06. The highest BCUT2D eigenvalue weighted by atomic mass is 35.5. The van der Waals surface area contributed by atoms with Crippen LogP contribution < -0.4 is 5.73 Å². The zero-order valence-electron chi connectivity index (χ0n) is 9.57. The van der Waals surface area contributed by atoms with E-state index in [1.54, 1.807) is 0 Å². The third-order valence-corrected chi connectivity index (χ3v) is 2.93. The highest BCUT2D eigenvalue weighted by molar-refractivity contribution is 6.34. The fourth-order valence-electron chi connectivity index (χ4n) is 1.86. The molecular weight excluding hydrogens is 222 g/mol. The topological polar surface area (TPSA) is 43.8 Å². The van der Waals surface area contributed by atoms with Crippen LogP contribution in [-0.2, 0) is 6.42 Å². The van der Waals surface area contributed by atoms with Gasteiger partial charge in [0.05, 0.1) is 5.52 Å². The van der Waals surface area contributed by atoms with Crippen LogP contribution in [0.2, 0.25) is 5.15 Å². The molecular formula is C12H16ClN3. The molecule has 0 amide bonds. The summed E-state index contributed by atoms with van der Waals surface area (Å²) in [6, 6.07) is 6.52. The van der Waals surface area contributed by atoms with E-state index in [9.17, 15) is 0 Å². The molecule has 16 heavy (non-hydrogen) atoms. The predicted molar refractivity (Wildman–Crippen MR) is 67.9 cm³/mol. The number of aromatic nitrogens is 2. The number of nitrogens with zero attached hydrogens (tertiary/aromatic N) is 2. The van der Waals surface area contributed by atoms with Gasteiger partial charge in [-0.15, -0.1) is 0 Å². The van der Waals surface area contributed by atoms with Crippen molar-refractivity contribution in [3.8, 4) is 0 Å². The van der Waals surface area contributed by atoms with E-state index < -0.39 is 0 Å². The lowest BCUT2D eigenvalue weighted by Crippen LogP contribution is -2.04. The van der Waals surface area contributed by atoms with E-state index in [4.69, 9.17) is 17.3 Å². The third-order valence-electron chi connectivity index (χ3n) is 2.65. The van der Waals surface area contributed by atoms with Crippen molar-refractivity contribution in [2.75, 3.05) is 6.54 Å². The Kier molecular flexibility index (Phi) is 3.17. The van der Waals surface area contributed by atoms with E-state index in [0.29, 0.717) is 17.7 Å². The summed E-state index contributed by atoms with van der Waals surface area (Å²) in [4.78, 5) is 0. The fourth-order valence-corrected chi connectivity index (χ4v) is 2.10. The van der Waals surface area contributed by atoms with E-state index in [0.717, 1.165) is 17.3 Å². The molecule has 2 N–H and O–H groups in total. The number of fused-ring (bicyclic) bond motifs is 1. The first-order chi connectivity index (χ1) is 7.63. The van der Waals surface area contributed by atoms with Crippen molar-refractivity contribution in [2.24, 2.45) is 5.73 Å². The molecule has 2 rings (SSSR count). The van der Waals surface area contributed by atoms with Gasteiger partial charge in [0.15, 0.2) is 5.15 Å². The normalized spacial score (nSPS) is 11.6. The molecule has 1 aromatic heterocycles. The van der Waals surface area contributed by atoms with Crippen LogP contribution in [0.25, 0.3) is 10.9 Å². The molecule has 0 bridgehead atoms. The van der Waals surface area contributed by atoms with Crippen LogP contribution in [0.5, 0.6) is 0 Å². The Morgan fingerprint density at radius 1 is 1.44 bits per heavy atom. The van der Waals surface area contributed by atoms with Gasteiger partial charge in [-0.25, -0.2) is 0 Å². The third kappa shape index (κ3) is 1.93. The van der Waals surface area contributed by atoms with Crippen LogP contribution in [0.15, 0.2) is 18.2 Å². The van der Waals surface area contributed by atoms with Crippen LogP contribution in [0.3, 0.4) is 0 Å². The second-order valence-corrected chi connectivity index (χ2v) is 4.58. The monoisotopic (exact) mass is 237 g/mol. The zero-order chi connectivity index (χ0) is 11.7. The lowest BCUT2D eigenvalue weighted by molar-refractivity contribution is 0.551. The van der Waals surface area contributed by atoms with Crippen LogP contribution in [0.1, 0.15) is 25.5 Å². The molecule has 1 aromatic carbocycles. The number of hydrogen-bond donors (Lipinski definition) is 1. The van der Waals surface area contributed by atoms with Gasteiger partial charge in [-0.3, -0.25) is 4.68 Å². The second kappa shape index (κ2) is 4.44. The van der Waals surface area contributed by atoms with Gasteiger partial charge in [0, 0.05) is 11.4 Å². The molecule has 4 heteroatoms. The minimum Gasteiger partial charge on any atom is -0.330 e. The van der Waals surface area contributed by atoms with E-state index in [-0.39, 0.29) is 0 Å². The van der Waals surface area contributed by atoms with Crippen LogP contribution in [-0.4, -0.2) is 16.3 Å². The molecule has 0 aliphatic rings. The number of benzene rings is 1. The maximum Gasteiger partial charge on any atom is 0.158 e. The van der Waals surface area contributed by atoms with Crippen LogP contribution in [0, 0.1) is 0 Å². The Balaban J connectivity index is 2.60. The lowest BCUT2D eigenvalue weighted by Gasteiger charge is -2.07. The standard InChI is InChI=1S/C12H16ClN3/c1-8(2)16-11-7-9(5-6-14)3-4-10(11)12(13)15-16/h3-4,7-8H,5-6,14H2,1-2H3. The molecule has 0 atom stereocenters. The predicted octanol–water partition coefficient (Wildman–Crippen LogP) is 2.77. The summed E-state index contributed by atoms with van der Waals surface area (Å²) in [6.45, 7) is 4.85. The quantitative estimate of drug-likeness (QED) is 0.892. The smallest absolute Gasteiger partial charge is 0.158 e. The molecule has 0 aliphatic heterocycles. The molecule has 0 saturated carbocycles. The molecule has 0 saturated heterocycles. The minimum absolute atomic E-state index is 0.308. The maximum atomic E-state index is 6.09. The van der Waals surface area contributed by atoms with E-state index in [2.05, 4.69) is 31.1 Å². The summed E-state index contributed by atoms with van der Waals surface area (Å²) in [6.07, 6.45) is 0.886. The summed E-state index contributed by atoms with van der Waals surface area (Å²) in [5.74, 6) is 0. The molecule has 0 spiro atoms. The molecule has 3 nitrogen and oxygen atoms in total. The first-order valence-electron chi connectivity index (χ1n) is 5.50. The van der Waals surface area contributed by atoms with Crippen molar-refractivity contribution in [3.63, 3.8) is 0 Å². The second-order valence-electron chi connectivity index (χ2n) is 4.22. The van der Waals surface area contributed by atoms with Gasteiger partial charge >= 0.3 is 0 Å². The largest absolute Gasteiger partial charge is 0.330 e. The molecule has 2 aromatic rings. The Labute approximate surface area is 100 Å². The molecule has 0 aliphatic carbocycles. The van der Waals surface area contributed by atoms with Gasteiger partial charge in [-0.2, -0.15) is 5.10 Å². The van der Waals surface area contributed by atoms with Crippen molar-refractivity contribution in [2.45, 2.75) is 26.3 Å². The first kappa shape index (κ1) is 11.4. The van der Waals surface area contributed by atoms with Gasteiger partial charge in [0.25, 0.3) is 0 Å². The number of nitrogens with two attached hydrogens (primary N) is 1. The van der Waals surface area contributed by atoms with Crippen molar-refractivity contribution >= 4 is 22.5 Å². The highest BCUT2D eigenvalue weighted by Crippen LogP contribution is 2.26. The van der Waals surface area contributed by atoms with Gasteiger partial charge in [-0.1, -0.05) is 17.7 Å². The van der Waals surface area contributed by atoms with Crippen molar-refractivity contribution < 1.29 is 0 Å². The van der Waals surface area contributed by atoms with Crippen molar-refractivity contribution in [3.05, 3.63) is 28.9 Å². The first-order valence-corrected chi connectivity index (χ1v) is 5.88.